The molecule has 5 nitrogen and oxygen atoms in total. The second-order valence-corrected chi connectivity index (χ2v) is 10.3. The van der Waals surface area contributed by atoms with Gasteiger partial charge in [0.15, 0.2) is 0 Å². The molecule has 1 saturated heterocycles. The molecule has 0 radical (unpaired) electrons. The van der Waals surface area contributed by atoms with Crippen molar-refractivity contribution in [2.45, 2.75) is 50.1 Å². The number of nitrogens with zero attached hydrogens (tertiary/aromatic N) is 3. The highest BCUT2D eigenvalue weighted by atomic mass is 32.2. The van der Waals surface area contributed by atoms with E-state index in [1.165, 1.54) is 11.1 Å². The van der Waals surface area contributed by atoms with Crippen LogP contribution in [0.25, 0.3) is 10.9 Å². The molecule has 1 fully saturated rings. The summed E-state index contributed by atoms with van der Waals surface area (Å²) in [5.41, 5.74) is 3.59. The number of aromatic nitrogens is 1. The van der Waals surface area contributed by atoms with Gasteiger partial charge < -0.3 is 4.90 Å². The first kappa shape index (κ1) is 19.5. The molecule has 1 aromatic heterocycles. The summed E-state index contributed by atoms with van der Waals surface area (Å²) in [6, 6.07) is 18.0. The third kappa shape index (κ3) is 3.48. The van der Waals surface area contributed by atoms with E-state index in [1.54, 1.807) is 16.4 Å². The Kier molecular flexibility index (Phi) is 4.99. The number of hydrogen-bond donors (Lipinski definition) is 0. The van der Waals surface area contributed by atoms with Crippen molar-refractivity contribution in [3.8, 4) is 0 Å². The quantitative estimate of drug-likeness (QED) is 0.631. The topological polar surface area (TPSA) is 53.5 Å². The van der Waals surface area contributed by atoms with Crippen LogP contribution in [-0.2, 0) is 23.0 Å². The van der Waals surface area contributed by atoms with Crippen molar-refractivity contribution in [3.05, 3.63) is 65.7 Å². The molecule has 30 heavy (non-hydrogen) atoms. The first-order valence-corrected chi connectivity index (χ1v) is 12.2. The lowest BCUT2D eigenvalue weighted by Crippen LogP contribution is -2.41. The van der Waals surface area contributed by atoms with Crippen molar-refractivity contribution < 1.29 is 8.42 Å². The summed E-state index contributed by atoms with van der Waals surface area (Å²) in [5.74, 6) is 0.942. The summed E-state index contributed by atoms with van der Waals surface area (Å²) in [4.78, 5) is 7.50. The molecule has 0 bridgehead atoms. The van der Waals surface area contributed by atoms with E-state index >= 15 is 0 Å². The van der Waals surface area contributed by atoms with Crippen LogP contribution < -0.4 is 4.90 Å². The molecule has 3 heterocycles. The number of sulfonamides is 1. The summed E-state index contributed by atoms with van der Waals surface area (Å²) in [7, 11) is -3.47. The molecule has 2 aromatic carbocycles. The minimum Gasteiger partial charge on any atom is -0.352 e. The van der Waals surface area contributed by atoms with E-state index in [1.807, 2.05) is 25.1 Å². The molecule has 0 saturated carbocycles. The molecule has 3 aromatic rings. The van der Waals surface area contributed by atoms with Crippen LogP contribution in [-0.4, -0.2) is 36.8 Å². The van der Waals surface area contributed by atoms with E-state index < -0.39 is 10.0 Å². The summed E-state index contributed by atoms with van der Waals surface area (Å²) in [6.45, 7) is 4.40. The van der Waals surface area contributed by atoms with Crippen LogP contribution in [0.5, 0.6) is 0 Å². The normalized spacial score (nSPS) is 20.3. The van der Waals surface area contributed by atoms with Gasteiger partial charge in [-0.05, 0) is 67.6 Å². The lowest BCUT2D eigenvalue weighted by Gasteiger charge is -2.32. The number of fused-ring (bicyclic) bond motifs is 2. The van der Waals surface area contributed by atoms with Crippen molar-refractivity contribution in [1.82, 2.24) is 9.29 Å². The van der Waals surface area contributed by atoms with Crippen LogP contribution in [0.2, 0.25) is 0 Å². The molecule has 0 amide bonds. The zero-order valence-corrected chi connectivity index (χ0v) is 18.1. The number of pyridine rings is 1. The van der Waals surface area contributed by atoms with Crippen LogP contribution in [0, 0.1) is 0 Å². The highest BCUT2D eigenvalue weighted by Gasteiger charge is 2.31. The Labute approximate surface area is 178 Å². The second-order valence-electron chi connectivity index (χ2n) is 8.42. The number of anilines is 1. The summed E-state index contributed by atoms with van der Waals surface area (Å²) < 4.78 is 28.0. The first-order valence-electron chi connectivity index (χ1n) is 10.8. The van der Waals surface area contributed by atoms with Gasteiger partial charge in [0, 0.05) is 31.1 Å². The van der Waals surface area contributed by atoms with Gasteiger partial charge in [0.25, 0.3) is 0 Å². The molecular formula is C24H27N3O2S. The number of hydrogen-bond acceptors (Lipinski definition) is 4. The highest BCUT2D eigenvalue weighted by Crippen LogP contribution is 2.29. The van der Waals surface area contributed by atoms with E-state index in [0.29, 0.717) is 11.4 Å². The van der Waals surface area contributed by atoms with E-state index in [2.05, 4.69) is 29.2 Å². The Morgan fingerprint density at radius 1 is 0.967 bits per heavy atom. The van der Waals surface area contributed by atoms with Gasteiger partial charge in [-0.2, -0.15) is 4.31 Å². The summed E-state index contributed by atoms with van der Waals surface area (Å²) >= 11 is 0. The van der Waals surface area contributed by atoms with Crippen molar-refractivity contribution in [3.63, 3.8) is 0 Å². The molecule has 2 aliphatic heterocycles. The average Bonchev–Trinajstić information content (AvgIpc) is 2.78. The molecule has 0 N–H and O–H groups in total. The SMILES string of the molecule is C[C@H]1CCCCN1S(=O)(=O)c1ccc2nc(N3CCc4ccccc4C3)ccc2c1. The average molecular weight is 422 g/mol. The molecule has 0 spiro atoms. The molecular weight excluding hydrogens is 394 g/mol. The van der Waals surface area contributed by atoms with Gasteiger partial charge in [-0.15, -0.1) is 0 Å². The maximum atomic E-state index is 13.2. The molecule has 0 aliphatic carbocycles. The number of piperidine rings is 1. The predicted octanol–water partition coefficient (Wildman–Crippen LogP) is 4.36. The van der Waals surface area contributed by atoms with Crippen molar-refractivity contribution in [1.29, 1.82) is 0 Å². The lowest BCUT2D eigenvalue weighted by molar-refractivity contribution is 0.268. The standard InChI is InChI=1S/C24H27N3O2S/c1-18-6-4-5-14-27(18)30(28,29)22-10-11-23-20(16-22)9-12-24(25-23)26-15-13-19-7-2-3-8-21(19)17-26/h2-3,7-12,16,18H,4-6,13-15,17H2,1H3/t18-/m0/s1. The molecule has 156 valence electrons. The Morgan fingerprint density at radius 3 is 2.63 bits per heavy atom. The number of rotatable bonds is 3. The third-order valence-electron chi connectivity index (χ3n) is 6.45. The van der Waals surface area contributed by atoms with Crippen LogP contribution in [0.15, 0.2) is 59.5 Å². The van der Waals surface area contributed by atoms with Gasteiger partial charge in [0.05, 0.1) is 10.4 Å². The van der Waals surface area contributed by atoms with Crippen LogP contribution in [0.1, 0.15) is 37.3 Å². The van der Waals surface area contributed by atoms with Crippen LogP contribution in [0.4, 0.5) is 5.82 Å². The van der Waals surface area contributed by atoms with Crippen molar-refractivity contribution >= 4 is 26.7 Å². The molecule has 1 atom stereocenters. The van der Waals surface area contributed by atoms with E-state index in [9.17, 15) is 8.42 Å². The van der Waals surface area contributed by atoms with Crippen molar-refractivity contribution in [2.75, 3.05) is 18.0 Å². The number of benzene rings is 2. The van der Waals surface area contributed by atoms with Crippen molar-refractivity contribution in [2.24, 2.45) is 0 Å². The van der Waals surface area contributed by atoms with Gasteiger partial charge in [-0.25, -0.2) is 13.4 Å². The Balaban J connectivity index is 1.43. The van der Waals surface area contributed by atoms with E-state index in [-0.39, 0.29) is 6.04 Å². The predicted molar refractivity (Wildman–Crippen MR) is 120 cm³/mol. The third-order valence-corrected chi connectivity index (χ3v) is 8.46. The fraction of sp³-hybridized carbons (Fsp3) is 0.375. The minimum absolute atomic E-state index is 0.0573. The highest BCUT2D eigenvalue weighted by molar-refractivity contribution is 7.89. The molecule has 2 aliphatic rings. The monoisotopic (exact) mass is 421 g/mol. The van der Waals surface area contributed by atoms with Crippen LogP contribution in [0.3, 0.4) is 0 Å². The smallest absolute Gasteiger partial charge is 0.243 e. The summed E-state index contributed by atoms with van der Waals surface area (Å²) in [6.07, 6.45) is 3.97. The molecule has 6 heteroatoms. The fourth-order valence-corrected chi connectivity index (χ4v) is 6.42. The Morgan fingerprint density at radius 2 is 1.80 bits per heavy atom. The van der Waals surface area contributed by atoms with Crippen LogP contribution >= 0.6 is 0 Å². The fourth-order valence-electron chi connectivity index (χ4n) is 4.68. The Hall–Kier alpha value is -2.44. The van der Waals surface area contributed by atoms with Gasteiger partial charge in [0.1, 0.15) is 5.82 Å². The zero-order valence-electron chi connectivity index (χ0n) is 17.3. The maximum Gasteiger partial charge on any atom is 0.243 e. The van der Waals surface area contributed by atoms with E-state index in [0.717, 1.165) is 55.5 Å². The summed E-state index contributed by atoms with van der Waals surface area (Å²) in [5, 5.41) is 0.863. The minimum atomic E-state index is -3.47. The Bertz CT molecular complexity index is 1190. The maximum absolute atomic E-state index is 13.2. The van der Waals surface area contributed by atoms with Gasteiger partial charge in [-0.1, -0.05) is 30.7 Å². The first-order chi connectivity index (χ1) is 14.5. The van der Waals surface area contributed by atoms with E-state index in [4.69, 9.17) is 4.98 Å². The van der Waals surface area contributed by atoms with Gasteiger partial charge >= 0.3 is 0 Å². The largest absolute Gasteiger partial charge is 0.352 e. The molecule has 5 rings (SSSR count). The zero-order chi connectivity index (χ0) is 20.7. The lowest BCUT2D eigenvalue weighted by atomic mass is 10.00. The van der Waals surface area contributed by atoms with Gasteiger partial charge in [0.2, 0.25) is 10.0 Å². The second kappa shape index (κ2) is 7.67. The van der Waals surface area contributed by atoms with Gasteiger partial charge in [-0.3, -0.25) is 0 Å². The molecule has 0 unspecified atom stereocenters.